The van der Waals surface area contributed by atoms with Crippen LogP contribution in [0.3, 0.4) is 0 Å². The van der Waals surface area contributed by atoms with Crippen molar-refractivity contribution >= 4 is 39.5 Å². The van der Waals surface area contributed by atoms with Crippen molar-refractivity contribution < 1.29 is 80.2 Å². The summed E-state index contributed by atoms with van der Waals surface area (Å²) in [6.07, 6.45) is 39.1. The summed E-state index contributed by atoms with van der Waals surface area (Å²) in [6, 6.07) is 0. The number of hydrogen-bond donors (Lipinski definition) is 3. The number of phosphoric ester groups is 2. The number of esters is 4. The number of aliphatic hydroxyl groups excluding tert-OH is 1. The Labute approximate surface area is 479 Å². The van der Waals surface area contributed by atoms with E-state index in [9.17, 15) is 43.2 Å². The van der Waals surface area contributed by atoms with E-state index in [1.54, 1.807) is 0 Å². The van der Waals surface area contributed by atoms with Crippen molar-refractivity contribution in [2.45, 2.75) is 322 Å². The first-order chi connectivity index (χ1) is 38.2. The summed E-state index contributed by atoms with van der Waals surface area (Å²) in [7, 11) is -9.87. The van der Waals surface area contributed by atoms with Crippen LogP contribution in [0.15, 0.2) is 0 Å². The molecule has 0 amide bonds. The van der Waals surface area contributed by atoms with Crippen LogP contribution in [0.4, 0.5) is 0 Å². The molecule has 0 saturated carbocycles. The Hall–Kier alpha value is -1.94. The third kappa shape index (κ3) is 55.0. The van der Waals surface area contributed by atoms with E-state index >= 15 is 0 Å². The van der Waals surface area contributed by atoms with E-state index in [0.717, 1.165) is 116 Å². The lowest BCUT2D eigenvalue weighted by atomic mass is 10.0. The highest BCUT2D eigenvalue weighted by Gasteiger charge is 2.30. The van der Waals surface area contributed by atoms with E-state index in [0.29, 0.717) is 25.7 Å². The first-order valence-corrected chi connectivity index (χ1v) is 34.8. The van der Waals surface area contributed by atoms with Crippen LogP contribution < -0.4 is 0 Å². The lowest BCUT2D eigenvalue weighted by Gasteiger charge is -2.21. The van der Waals surface area contributed by atoms with Gasteiger partial charge in [0.1, 0.15) is 19.3 Å². The first-order valence-electron chi connectivity index (χ1n) is 31.8. The van der Waals surface area contributed by atoms with Crippen molar-refractivity contribution in [1.82, 2.24) is 0 Å². The van der Waals surface area contributed by atoms with E-state index in [1.807, 2.05) is 0 Å². The fourth-order valence-corrected chi connectivity index (χ4v) is 10.5. The fourth-order valence-electron chi connectivity index (χ4n) is 8.93. The number of ether oxygens (including phenoxy) is 4. The number of aliphatic hydroxyl groups is 1. The van der Waals surface area contributed by atoms with Crippen LogP contribution in [0.2, 0.25) is 0 Å². The molecule has 0 radical (unpaired) electrons. The van der Waals surface area contributed by atoms with Crippen molar-refractivity contribution in [3.05, 3.63) is 0 Å². The second-order valence-electron chi connectivity index (χ2n) is 21.7. The summed E-state index contributed by atoms with van der Waals surface area (Å²) >= 11 is 0. The van der Waals surface area contributed by atoms with Gasteiger partial charge < -0.3 is 33.8 Å². The van der Waals surface area contributed by atoms with Gasteiger partial charge in [-0.3, -0.25) is 37.3 Å². The standard InChI is InChI=1S/C60H116O17P2/c1-5-9-13-17-21-23-25-26-27-28-29-31-35-39-43-47-60(65)77-56(51-71-58(63)45-41-37-34-30-24-22-18-14-10-6-2)53-75-79(68,69)73-49-54(61)48-72-78(66,67)74-52-55(76-59(64)46-42-38-33-20-16-12-8-4)50-70-57(62)44-40-36-32-19-15-11-7-3/h54-56,61H,5-53H2,1-4H3,(H,66,67)(H,68,69)/t54-,55+,56+/m0/s1. The molecule has 0 aliphatic rings. The molecule has 0 aliphatic heterocycles. The average Bonchev–Trinajstić information content (AvgIpc) is 3.42. The van der Waals surface area contributed by atoms with E-state index in [2.05, 4.69) is 27.7 Å². The zero-order valence-corrected chi connectivity index (χ0v) is 52.1. The fraction of sp³-hybridized carbons (Fsp3) is 0.933. The minimum absolute atomic E-state index is 0.104. The number of phosphoric acid groups is 2. The van der Waals surface area contributed by atoms with Gasteiger partial charge in [-0.1, -0.05) is 252 Å². The maximum Gasteiger partial charge on any atom is 0.472 e. The third-order valence-electron chi connectivity index (χ3n) is 13.9. The van der Waals surface area contributed by atoms with Crippen molar-refractivity contribution in [3.8, 4) is 0 Å². The smallest absolute Gasteiger partial charge is 0.462 e. The lowest BCUT2D eigenvalue weighted by molar-refractivity contribution is -0.161. The van der Waals surface area contributed by atoms with Crippen molar-refractivity contribution in [1.29, 1.82) is 0 Å². The van der Waals surface area contributed by atoms with Gasteiger partial charge in [0.15, 0.2) is 12.2 Å². The number of carbonyl (C=O) groups is 4. The van der Waals surface area contributed by atoms with Gasteiger partial charge in [0.25, 0.3) is 0 Å². The molecule has 0 aromatic rings. The molecule has 19 heteroatoms. The van der Waals surface area contributed by atoms with E-state index in [1.165, 1.54) is 109 Å². The molecule has 3 N–H and O–H groups in total. The Morgan fingerprint density at radius 1 is 0.304 bits per heavy atom. The molecule has 0 spiro atoms. The number of hydrogen-bond acceptors (Lipinski definition) is 15. The molecule has 2 unspecified atom stereocenters. The van der Waals surface area contributed by atoms with Gasteiger partial charge in [-0.2, -0.15) is 0 Å². The van der Waals surface area contributed by atoms with E-state index < -0.39 is 97.5 Å². The van der Waals surface area contributed by atoms with Gasteiger partial charge in [-0.15, -0.1) is 0 Å². The van der Waals surface area contributed by atoms with Crippen LogP contribution in [0, 0.1) is 0 Å². The average molecular weight is 1170 g/mol. The molecule has 468 valence electrons. The van der Waals surface area contributed by atoms with Gasteiger partial charge in [-0.05, 0) is 25.7 Å². The first kappa shape index (κ1) is 77.1. The largest absolute Gasteiger partial charge is 0.472 e. The molecular weight excluding hydrogens is 1050 g/mol. The Morgan fingerprint density at radius 2 is 0.506 bits per heavy atom. The zero-order chi connectivity index (χ0) is 58.3. The molecule has 5 atom stereocenters. The lowest BCUT2D eigenvalue weighted by Crippen LogP contribution is -2.30. The second kappa shape index (κ2) is 55.3. The Bertz CT molecular complexity index is 1540. The minimum Gasteiger partial charge on any atom is -0.462 e. The van der Waals surface area contributed by atoms with E-state index in [-0.39, 0.29) is 25.7 Å². The van der Waals surface area contributed by atoms with Gasteiger partial charge in [0.05, 0.1) is 26.4 Å². The van der Waals surface area contributed by atoms with Crippen LogP contribution in [0.25, 0.3) is 0 Å². The molecule has 0 aromatic carbocycles. The van der Waals surface area contributed by atoms with Crippen LogP contribution in [0.5, 0.6) is 0 Å². The highest BCUT2D eigenvalue weighted by molar-refractivity contribution is 7.47. The summed E-state index contributed by atoms with van der Waals surface area (Å²) in [5.41, 5.74) is 0. The molecule has 0 saturated heterocycles. The summed E-state index contributed by atoms with van der Waals surface area (Å²) in [5, 5.41) is 10.5. The SMILES string of the molecule is CCCCCCCCCCCCCCCCCC(=O)O[C@H](COC(=O)CCCCCCCCCCCC)COP(=O)(O)OC[C@@H](O)COP(=O)(O)OC[C@@H](COC(=O)CCCCCCCCC)OC(=O)CCCCCCCCC. The van der Waals surface area contributed by atoms with Gasteiger partial charge >= 0.3 is 39.5 Å². The minimum atomic E-state index is -4.94. The molecule has 0 rings (SSSR count). The molecule has 79 heavy (non-hydrogen) atoms. The number of unbranched alkanes of at least 4 members (excludes halogenated alkanes) is 35. The van der Waals surface area contributed by atoms with Crippen LogP contribution in [-0.2, 0) is 65.4 Å². The van der Waals surface area contributed by atoms with E-state index in [4.69, 9.17) is 37.0 Å². The van der Waals surface area contributed by atoms with Crippen LogP contribution >= 0.6 is 15.6 Å². The Morgan fingerprint density at radius 3 is 0.747 bits per heavy atom. The molecule has 0 aliphatic carbocycles. The van der Waals surface area contributed by atoms with Gasteiger partial charge in [-0.25, -0.2) is 9.13 Å². The molecule has 17 nitrogen and oxygen atoms in total. The highest BCUT2D eigenvalue weighted by atomic mass is 31.2. The van der Waals surface area contributed by atoms with Crippen molar-refractivity contribution in [3.63, 3.8) is 0 Å². The predicted molar refractivity (Wildman–Crippen MR) is 312 cm³/mol. The predicted octanol–water partition coefficient (Wildman–Crippen LogP) is 16.4. The van der Waals surface area contributed by atoms with Crippen LogP contribution in [-0.4, -0.2) is 96.7 Å². The monoisotopic (exact) mass is 1170 g/mol. The number of rotatable bonds is 61. The number of carbonyl (C=O) groups excluding carboxylic acids is 4. The summed E-state index contributed by atoms with van der Waals surface area (Å²) in [6.45, 7) is 4.78. The maximum atomic E-state index is 12.9. The molecular formula is C60H116O17P2. The summed E-state index contributed by atoms with van der Waals surface area (Å²) < 4.78 is 67.6. The summed E-state index contributed by atoms with van der Waals surface area (Å²) in [4.78, 5) is 71.8. The van der Waals surface area contributed by atoms with Gasteiger partial charge in [0, 0.05) is 25.7 Å². The second-order valence-corrected chi connectivity index (χ2v) is 24.6. The molecule has 0 aromatic heterocycles. The van der Waals surface area contributed by atoms with Crippen molar-refractivity contribution in [2.24, 2.45) is 0 Å². The van der Waals surface area contributed by atoms with Crippen LogP contribution in [0.1, 0.15) is 304 Å². The Kier molecular flexibility index (Phi) is 53.9. The highest BCUT2D eigenvalue weighted by Crippen LogP contribution is 2.45. The molecule has 0 fully saturated rings. The topological polar surface area (TPSA) is 237 Å². The normalized spacial score (nSPS) is 14.3. The molecule has 0 heterocycles. The van der Waals surface area contributed by atoms with Crippen molar-refractivity contribution in [2.75, 3.05) is 39.6 Å². The Balaban J connectivity index is 5.17. The quantitative estimate of drug-likeness (QED) is 0.0222. The maximum absolute atomic E-state index is 12.9. The zero-order valence-electron chi connectivity index (χ0n) is 50.3. The third-order valence-corrected chi connectivity index (χ3v) is 15.8. The van der Waals surface area contributed by atoms with Gasteiger partial charge in [0.2, 0.25) is 0 Å². The summed E-state index contributed by atoms with van der Waals surface area (Å²) in [5.74, 6) is -2.15. The molecule has 0 bridgehead atoms.